The van der Waals surface area contributed by atoms with Crippen molar-refractivity contribution in [1.82, 2.24) is 5.32 Å². The quantitative estimate of drug-likeness (QED) is 0.833. The molecule has 0 fully saturated rings. The van der Waals surface area contributed by atoms with Gasteiger partial charge in [0.2, 0.25) is 0 Å². The highest BCUT2D eigenvalue weighted by molar-refractivity contribution is 6.31. The summed E-state index contributed by atoms with van der Waals surface area (Å²) >= 11 is 6.04. The fraction of sp³-hybridized carbons (Fsp3) is 0.417. The second-order valence-corrected chi connectivity index (χ2v) is 4.30. The Hall–Kier alpha value is -1.06. The van der Waals surface area contributed by atoms with Gasteiger partial charge in [0, 0.05) is 17.6 Å². The van der Waals surface area contributed by atoms with Crippen LogP contribution in [0.15, 0.2) is 24.3 Å². The lowest BCUT2D eigenvalue weighted by Crippen LogP contribution is -2.28. The molecule has 2 atom stereocenters. The summed E-state index contributed by atoms with van der Waals surface area (Å²) in [5.41, 5.74) is 0.988. The minimum atomic E-state index is -0.793. The number of benzene rings is 1. The predicted molar refractivity (Wildman–Crippen MR) is 64.7 cm³/mol. The number of carboxylic acids is 1. The maximum Gasteiger partial charge on any atom is 0.307 e. The molecule has 0 saturated carbocycles. The maximum atomic E-state index is 10.6. The fourth-order valence-corrected chi connectivity index (χ4v) is 1.68. The molecule has 16 heavy (non-hydrogen) atoms. The molecule has 0 heterocycles. The first-order valence-corrected chi connectivity index (χ1v) is 5.60. The molecule has 2 N–H and O–H groups in total. The van der Waals surface area contributed by atoms with Crippen molar-refractivity contribution in [2.24, 2.45) is 5.92 Å². The molecular formula is C12H16ClNO2. The Kier molecular flexibility index (Phi) is 4.77. The van der Waals surface area contributed by atoms with Gasteiger partial charge in [-0.15, -0.1) is 0 Å². The van der Waals surface area contributed by atoms with Gasteiger partial charge in [-0.3, -0.25) is 4.79 Å². The molecule has 1 aromatic carbocycles. The molecule has 1 aromatic rings. The van der Waals surface area contributed by atoms with Crippen molar-refractivity contribution in [3.63, 3.8) is 0 Å². The summed E-state index contributed by atoms with van der Waals surface area (Å²) in [6.45, 7) is 4.08. The zero-order chi connectivity index (χ0) is 12.1. The summed E-state index contributed by atoms with van der Waals surface area (Å²) in [6.07, 6.45) is 0. The molecule has 0 bridgehead atoms. The van der Waals surface area contributed by atoms with Crippen molar-refractivity contribution >= 4 is 17.6 Å². The second kappa shape index (κ2) is 5.87. The first kappa shape index (κ1) is 13.0. The van der Waals surface area contributed by atoms with Crippen molar-refractivity contribution < 1.29 is 9.90 Å². The van der Waals surface area contributed by atoms with Crippen LogP contribution in [0.25, 0.3) is 0 Å². The standard InChI is InChI=1S/C12H16ClNO2/c1-8(12(15)16)7-14-9(2)10-5-3-4-6-11(10)13/h3-6,8-9,14H,7H2,1-2H3,(H,15,16)/t8?,9-/m1/s1. The molecular weight excluding hydrogens is 226 g/mol. The van der Waals surface area contributed by atoms with E-state index < -0.39 is 11.9 Å². The summed E-state index contributed by atoms with van der Waals surface area (Å²) < 4.78 is 0. The van der Waals surface area contributed by atoms with Crippen LogP contribution >= 0.6 is 11.6 Å². The average Bonchev–Trinajstić information content (AvgIpc) is 2.25. The van der Waals surface area contributed by atoms with Gasteiger partial charge in [0.05, 0.1) is 5.92 Å². The minimum absolute atomic E-state index is 0.0514. The SMILES string of the molecule is CC(CN[C@H](C)c1ccccc1Cl)C(=O)O. The van der Waals surface area contributed by atoms with Gasteiger partial charge in [0.1, 0.15) is 0 Å². The number of hydrogen-bond donors (Lipinski definition) is 2. The van der Waals surface area contributed by atoms with Gasteiger partial charge >= 0.3 is 5.97 Å². The fourth-order valence-electron chi connectivity index (χ4n) is 1.38. The normalized spacial score (nSPS) is 14.4. The molecule has 0 amide bonds. The highest BCUT2D eigenvalue weighted by atomic mass is 35.5. The third-order valence-electron chi connectivity index (χ3n) is 2.52. The number of nitrogens with one attached hydrogen (secondary N) is 1. The number of halogens is 1. The molecule has 0 spiro atoms. The summed E-state index contributed by atoms with van der Waals surface area (Å²) in [5.74, 6) is -1.19. The van der Waals surface area contributed by atoms with Crippen LogP contribution < -0.4 is 5.32 Å². The Bertz CT molecular complexity index is 368. The van der Waals surface area contributed by atoms with E-state index in [0.717, 1.165) is 5.56 Å². The van der Waals surface area contributed by atoms with Crippen LogP contribution in [0.1, 0.15) is 25.5 Å². The molecule has 0 aliphatic heterocycles. The Balaban J connectivity index is 2.56. The van der Waals surface area contributed by atoms with Crippen molar-refractivity contribution in [2.75, 3.05) is 6.54 Å². The van der Waals surface area contributed by atoms with Crippen LogP contribution in [0.5, 0.6) is 0 Å². The van der Waals surface area contributed by atoms with Crippen LogP contribution in [-0.4, -0.2) is 17.6 Å². The Labute approximate surface area is 100 Å². The van der Waals surface area contributed by atoms with Gasteiger partial charge in [0.25, 0.3) is 0 Å². The highest BCUT2D eigenvalue weighted by Crippen LogP contribution is 2.22. The number of carboxylic acid groups (broad SMARTS) is 1. The smallest absolute Gasteiger partial charge is 0.307 e. The molecule has 1 rings (SSSR count). The average molecular weight is 242 g/mol. The highest BCUT2D eigenvalue weighted by Gasteiger charge is 2.13. The third-order valence-corrected chi connectivity index (χ3v) is 2.87. The summed E-state index contributed by atoms with van der Waals surface area (Å²) in [6, 6.07) is 7.61. The van der Waals surface area contributed by atoms with Crippen LogP contribution in [0.2, 0.25) is 5.02 Å². The molecule has 1 unspecified atom stereocenters. The maximum absolute atomic E-state index is 10.6. The topological polar surface area (TPSA) is 49.3 Å². The second-order valence-electron chi connectivity index (χ2n) is 3.89. The molecule has 3 nitrogen and oxygen atoms in total. The summed E-state index contributed by atoms with van der Waals surface area (Å²) in [5, 5.41) is 12.6. The van der Waals surface area contributed by atoms with E-state index in [1.807, 2.05) is 31.2 Å². The van der Waals surface area contributed by atoms with Crippen LogP contribution in [-0.2, 0) is 4.79 Å². The summed E-state index contributed by atoms with van der Waals surface area (Å²) in [4.78, 5) is 10.6. The Morgan fingerprint density at radius 1 is 1.44 bits per heavy atom. The van der Waals surface area contributed by atoms with E-state index in [2.05, 4.69) is 5.32 Å². The Morgan fingerprint density at radius 2 is 2.06 bits per heavy atom. The molecule has 88 valence electrons. The van der Waals surface area contributed by atoms with E-state index in [1.54, 1.807) is 6.92 Å². The Morgan fingerprint density at radius 3 is 2.62 bits per heavy atom. The van der Waals surface area contributed by atoms with Gasteiger partial charge in [-0.2, -0.15) is 0 Å². The first-order chi connectivity index (χ1) is 7.52. The largest absolute Gasteiger partial charge is 0.481 e. The molecule has 0 aromatic heterocycles. The van der Waals surface area contributed by atoms with E-state index in [0.29, 0.717) is 11.6 Å². The number of aliphatic carboxylic acids is 1. The molecule has 0 aliphatic carbocycles. The minimum Gasteiger partial charge on any atom is -0.481 e. The monoisotopic (exact) mass is 241 g/mol. The third kappa shape index (κ3) is 3.51. The lowest BCUT2D eigenvalue weighted by Gasteiger charge is -2.17. The van der Waals surface area contributed by atoms with E-state index in [-0.39, 0.29) is 6.04 Å². The molecule has 0 aliphatic rings. The number of carbonyl (C=O) groups is 1. The molecule has 4 heteroatoms. The summed E-state index contributed by atoms with van der Waals surface area (Å²) in [7, 11) is 0. The van der Waals surface area contributed by atoms with E-state index >= 15 is 0 Å². The van der Waals surface area contributed by atoms with Crippen LogP contribution in [0.3, 0.4) is 0 Å². The van der Waals surface area contributed by atoms with Gasteiger partial charge in [-0.05, 0) is 18.6 Å². The van der Waals surface area contributed by atoms with Crippen molar-refractivity contribution in [2.45, 2.75) is 19.9 Å². The van der Waals surface area contributed by atoms with Gasteiger partial charge < -0.3 is 10.4 Å². The number of hydrogen-bond acceptors (Lipinski definition) is 2. The van der Waals surface area contributed by atoms with E-state index in [4.69, 9.17) is 16.7 Å². The van der Waals surface area contributed by atoms with E-state index in [1.165, 1.54) is 0 Å². The first-order valence-electron chi connectivity index (χ1n) is 5.23. The molecule has 0 radical (unpaired) electrons. The zero-order valence-electron chi connectivity index (χ0n) is 9.40. The van der Waals surface area contributed by atoms with Crippen LogP contribution in [0.4, 0.5) is 0 Å². The zero-order valence-corrected chi connectivity index (χ0v) is 10.2. The lowest BCUT2D eigenvalue weighted by atomic mass is 10.1. The van der Waals surface area contributed by atoms with Gasteiger partial charge in [0.15, 0.2) is 0 Å². The predicted octanol–water partition coefficient (Wildman–Crippen LogP) is 2.71. The van der Waals surface area contributed by atoms with E-state index in [9.17, 15) is 4.79 Å². The van der Waals surface area contributed by atoms with Crippen molar-refractivity contribution in [3.05, 3.63) is 34.9 Å². The van der Waals surface area contributed by atoms with Crippen molar-refractivity contribution in [3.8, 4) is 0 Å². The molecule has 0 saturated heterocycles. The number of rotatable bonds is 5. The van der Waals surface area contributed by atoms with Gasteiger partial charge in [-0.1, -0.05) is 36.7 Å². The van der Waals surface area contributed by atoms with Crippen molar-refractivity contribution in [1.29, 1.82) is 0 Å². The van der Waals surface area contributed by atoms with Crippen LogP contribution in [0, 0.1) is 5.92 Å². The lowest BCUT2D eigenvalue weighted by molar-refractivity contribution is -0.140. The van der Waals surface area contributed by atoms with Gasteiger partial charge in [-0.25, -0.2) is 0 Å².